The molecule has 2 aromatic rings. The molecule has 5 rings (SSSR count). The summed E-state index contributed by atoms with van der Waals surface area (Å²) in [6, 6.07) is 9.55. The van der Waals surface area contributed by atoms with E-state index in [-0.39, 0.29) is 17.9 Å². The second-order valence-corrected chi connectivity index (χ2v) is 10.6. The molecule has 2 amide bonds. The largest absolute Gasteiger partial charge is 0.351 e. The number of hydrogen-bond donors (Lipinski definition) is 1. The molecule has 6 nitrogen and oxygen atoms in total. The molecule has 2 heterocycles. The molecule has 180 valence electrons. The van der Waals surface area contributed by atoms with E-state index in [1.807, 2.05) is 46.8 Å². The number of carbonyl (C=O) groups excluding carboxylic acids is 2. The van der Waals surface area contributed by atoms with Gasteiger partial charge in [0.2, 0.25) is 11.8 Å². The van der Waals surface area contributed by atoms with Gasteiger partial charge >= 0.3 is 0 Å². The van der Waals surface area contributed by atoms with Crippen molar-refractivity contribution in [3.05, 3.63) is 53.2 Å². The Morgan fingerprint density at radius 2 is 1.94 bits per heavy atom. The number of nitrogens with zero attached hydrogens (tertiary/aromatic N) is 3. The zero-order valence-corrected chi connectivity index (χ0v) is 20.8. The predicted molar refractivity (Wildman–Crippen MR) is 135 cm³/mol. The van der Waals surface area contributed by atoms with Crippen molar-refractivity contribution in [2.24, 2.45) is 0 Å². The first kappa shape index (κ1) is 23.2. The lowest BCUT2D eigenvalue weighted by Gasteiger charge is -2.31. The Kier molecular flexibility index (Phi) is 7.09. The summed E-state index contributed by atoms with van der Waals surface area (Å²) in [6.07, 6.45) is 12.2. The quantitative estimate of drug-likeness (QED) is 0.586. The van der Waals surface area contributed by atoms with E-state index >= 15 is 0 Å². The van der Waals surface area contributed by atoms with Crippen LogP contribution in [-0.2, 0) is 9.59 Å². The molecule has 3 aliphatic rings. The predicted octanol–water partition coefficient (Wildman–Crippen LogP) is 5.11. The van der Waals surface area contributed by atoms with Crippen LogP contribution < -0.4 is 5.32 Å². The molecule has 34 heavy (non-hydrogen) atoms. The monoisotopic (exact) mass is 478 g/mol. The Hall–Kier alpha value is -2.54. The lowest BCUT2D eigenvalue weighted by Crippen LogP contribution is -2.46. The van der Waals surface area contributed by atoms with Crippen LogP contribution in [0.1, 0.15) is 75.1 Å². The van der Waals surface area contributed by atoms with Gasteiger partial charge in [0.25, 0.3) is 0 Å². The SMILES string of the molecule is Cc1nn(-c2ccccc2)c2c1C(C(=O)NC1CCCC1)N(CCC1=CCCCC1)C(=O)CS2. The van der Waals surface area contributed by atoms with Crippen LogP contribution in [-0.4, -0.2) is 44.8 Å². The molecule has 0 saturated heterocycles. The first-order valence-electron chi connectivity index (χ1n) is 12.7. The fourth-order valence-electron chi connectivity index (χ4n) is 5.50. The third kappa shape index (κ3) is 4.81. The maximum absolute atomic E-state index is 13.8. The Morgan fingerprint density at radius 1 is 1.15 bits per heavy atom. The van der Waals surface area contributed by atoms with Crippen LogP contribution >= 0.6 is 11.8 Å². The van der Waals surface area contributed by atoms with Crippen LogP contribution in [0.4, 0.5) is 0 Å². The average Bonchev–Trinajstić information content (AvgIpc) is 3.45. The van der Waals surface area contributed by atoms with Crippen molar-refractivity contribution in [3.8, 4) is 5.69 Å². The van der Waals surface area contributed by atoms with Gasteiger partial charge in [0.15, 0.2) is 0 Å². The Bertz CT molecular complexity index is 1070. The molecule has 0 radical (unpaired) electrons. The van der Waals surface area contributed by atoms with E-state index < -0.39 is 6.04 Å². The summed E-state index contributed by atoms with van der Waals surface area (Å²) >= 11 is 1.50. The molecule has 1 aliphatic heterocycles. The summed E-state index contributed by atoms with van der Waals surface area (Å²) in [4.78, 5) is 29.1. The number of aryl methyl sites for hydroxylation is 1. The van der Waals surface area contributed by atoms with Crippen LogP contribution in [0.2, 0.25) is 0 Å². The van der Waals surface area contributed by atoms with Gasteiger partial charge in [0.1, 0.15) is 11.1 Å². The minimum atomic E-state index is -0.639. The van der Waals surface area contributed by atoms with Crippen molar-refractivity contribution in [2.75, 3.05) is 12.3 Å². The fraction of sp³-hybridized carbons (Fsp3) is 0.519. The molecule has 1 saturated carbocycles. The minimum Gasteiger partial charge on any atom is -0.351 e. The highest BCUT2D eigenvalue weighted by atomic mass is 32.2. The Labute approximate surface area is 206 Å². The number of nitrogens with one attached hydrogen (secondary N) is 1. The first-order chi connectivity index (χ1) is 16.6. The minimum absolute atomic E-state index is 0.0307. The Morgan fingerprint density at radius 3 is 2.68 bits per heavy atom. The maximum atomic E-state index is 13.8. The van der Waals surface area contributed by atoms with Crippen LogP contribution in [0.25, 0.3) is 5.69 Å². The number of fused-ring (bicyclic) bond motifs is 1. The number of amides is 2. The molecule has 1 fully saturated rings. The average molecular weight is 479 g/mol. The molecule has 1 aromatic carbocycles. The van der Waals surface area contributed by atoms with Gasteiger partial charge < -0.3 is 10.2 Å². The summed E-state index contributed by atoms with van der Waals surface area (Å²) in [5, 5.41) is 9.04. The van der Waals surface area contributed by atoms with Crippen LogP contribution in [0.3, 0.4) is 0 Å². The summed E-state index contributed by atoms with van der Waals surface area (Å²) in [7, 11) is 0. The lowest BCUT2D eigenvalue weighted by molar-refractivity contribution is -0.139. The van der Waals surface area contributed by atoms with Crippen LogP contribution in [0.5, 0.6) is 0 Å². The van der Waals surface area contributed by atoms with Crippen LogP contribution in [0, 0.1) is 6.92 Å². The molecule has 0 bridgehead atoms. The number of para-hydroxylation sites is 1. The van der Waals surface area contributed by atoms with E-state index in [2.05, 4.69) is 11.4 Å². The standard InChI is InChI=1S/C27H34N4O2S/c1-19-24-25(26(33)28-21-12-8-9-13-21)30(17-16-20-10-4-2-5-11-20)23(32)18-34-27(24)31(29-19)22-14-6-3-7-15-22/h3,6-7,10,14-15,21,25H,2,4-5,8-9,11-13,16-18H2,1H3,(H,28,33). The smallest absolute Gasteiger partial charge is 0.247 e. The molecule has 1 aromatic heterocycles. The normalized spacial score (nSPS) is 21.2. The van der Waals surface area contributed by atoms with Crippen molar-refractivity contribution < 1.29 is 9.59 Å². The zero-order valence-electron chi connectivity index (χ0n) is 20.0. The molecule has 1 atom stereocenters. The summed E-state index contributed by atoms with van der Waals surface area (Å²) in [6.45, 7) is 2.54. The third-order valence-electron chi connectivity index (χ3n) is 7.31. The summed E-state index contributed by atoms with van der Waals surface area (Å²) in [5.41, 5.74) is 4.06. The van der Waals surface area contributed by atoms with Gasteiger partial charge in [0, 0.05) is 18.2 Å². The van der Waals surface area contributed by atoms with E-state index in [0.717, 1.165) is 66.9 Å². The number of rotatable bonds is 6. The molecule has 1 N–H and O–H groups in total. The summed E-state index contributed by atoms with van der Waals surface area (Å²) in [5.74, 6) is 0.289. The second kappa shape index (κ2) is 10.4. The van der Waals surface area contributed by atoms with Crippen molar-refractivity contribution in [1.82, 2.24) is 20.0 Å². The van der Waals surface area contributed by atoms with Crippen molar-refractivity contribution in [3.63, 3.8) is 0 Å². The summed E-state index contributed by atoms with van der Waals surface area (Å²) < 4.78 is 1.91. The third-order valence-corrected chi connectivity index (χ3v) is 8.37. The van der Waals surface area contributed by atoms with Crippen LogP contribution in [0.15, 0.2) is 47.0 Å². The number of carbonyl (C=O) groups is 2. The van der Waals surface area contributed by atoms with Gasteiger partial charge in [0.05, 0.1) is 17.1 Å². The van der Waals surface area contributed by atoms with Crippen molar-refractivity contribution in [1.29, 1.82) is 0 Å². The number of benzene rings is 1. The van der Waals surface area contributed by atoms with Gasteiger partial charge in [-0.2, -0.15) is 5.10 Å². The highest BCUT2D eigenvalue weighted by Gasteiger charge is 2.40. The first-order valence-corrected chi connectivity index (χ1v) is 13.7. The molecular weight excluding hydrogens is 444 g/mol. The number of thioether (sulfide) groups is 1. The van der Waals surface area contributed by atoms with Gasteiger partial charge in [-0.15, -0.1) is 0 Å². The molecule has 2 aliphatic carbocycles. The molecule has 1 unspecified atom stereocenters. The maximum Gasteiger partial charge on any atom is 0.247 e. The van der Waals surface area contributed by atoms with Gasteiger partial charge in [-0.05, 0) is 64.0 Å². The fourth-order valence-corrected chi connectivity index (χ4v) is 6.61. The molecule has 7 heteroatoms. The van der Waals surface area contributed by atoms with E-state index in [4.69, 9.17) is 5.10 Å². The topological polar surface area (TPSA) is 67.2 Å². The van der Waals surface area contributed by atoms with Crippen molar-refractivity contribution in [2.45, 2.75) is 81.8 Å². The van der Waals surface area contributed by atoms with E-state index in [1.54, 1.807) is 0 Å². The number of allylic oxidation sites excluding steroid dienone is 1. The van der Waals surface area contributed by atoms with Gasteiger partial charge in [-0.1, -0.05) is 54.5 Å². The molecule has 0 spiro atoms. The Balaban J connectivity index is 1.52. The van der Waals surface area contributed by atoms with Crippen molar-refractivity contribution >= 4 is 23.6 Å². The lowest BCUT2D eigenvalue weighted by atomic mass is 9.96. The van der Waals surface area contributed by atoms with Gasteiger partial charge in [-0.3, -0.25) is 9.59 Å². The second-order valence-electron chi connectivity index (χ2n) is 9.68. The zero-order chi connectivity index (χ0) is 23.5. The van der Waals surface area contributed by atoms with E-state index in [1.165, 1.54) is 30.2 Å². The highest BCUT2D eigenvalue weighted by molar-refractivity contribution is 8.00. The number of hydrogen-bond acceptors (Lipinski definition) is 4. The number of aromatic nitrogens is 2. The van der Waals surface area contributed by atoms with E-state index in [0.29, 0.717) is 12.3 Å². The molecular formula is C27H34N4O2S. The van der Waals surface area contributed by atoms with E-state index in [9.17, 15) is 9.59 Å². The highest BCUT2D eigenvalue weighted by Crippen LogP contribution is 2.39. The van der Waals surface area contributed by atoms with Gasteiger partial charge in [-0.25, -0.2) is 4.68 Å².